The molecule has 130 valence electrons. The van der Waals surface area contributed by atoms with Crippen LogP contribution < -0.4 is 10.6 Å². The van der Waals surface area contributed by atoms with Crippen molar-refractivity contribution in [3.63, 3.8) is 0 Å². The summed E-state index contributed by atoms with van der Waals surface area (Å²) in [6, 6.07) is 9.55. The highest BCUT2D eigenvalue weighted by Crippen LogP contribution is 2.29. The van der Waals surface area contributed by atoms with Gasteiger partial charge in [-0.25, -0.2) is 0 Å². The second-order valence-corrected chi connectivity index (χ2v) is 5.80. The number of carbonyl (C=O) groups is 2. The molecule has 0 spiro atoms. The molecule has 2 aromatic rings. The van der Waals surface area contributed by atoms with Gasteiger partial charge in [0.15, 0.2) is 0 Å². The van der Waals surface area contributed by atoms with Crippen LogP contribution in [0.4, 0.5) is 18.9 Å². The normalized spacial score (nSPS) is 13.8. The molecule has 1 aliphatic rings. The predicted molar refractivity (Wildman–Crippen MR) is 86.0 cm³/mol. The average molecular weight is 348 g/mol. The molecule has 1 heterocycles. The summed E-state index contributed by atoms with van der Waals surface area (Å²) in [6.45, 7) is 0.251. The fourth-order valence-electron chi connectivity index (χ4n) is 2.64. The number of amides is 2. The number of aryl methyl sites for hydroxylation is 1. The standard InChI is InChI=1S/C18H15F3N2O2/c19-18(20,21)14-5-2-12(3-6-14)17(25)22-10-11-1-7-15-13(9-11)4-8-16(24)23-15/h1-3,5-7,9H,4,8,10H2,(H,22,25)(H,23,24). The predicted octanol–water partition coefficient (Wildman–Crippen LogP) is 3.52. The molecule has 0 radical (unpaired) electrons. The molecule has 4 nitrogen and oxygen atoms in total. The van der Waals surface area contributed by atoms with Gasteiger partial charge in [0.2, 0.25) is 5.91 Å². The fourth-order valence-corrected chi connectivity index (χ4v) is 2.64. The summed E-state index contributed by atoms with van der Waals surface area (Å²) >= 11 is 0. The van der Waals surface area contributed by atoms with E-state index in [9.17, 15) is 22.8 Å². The minimum Gasteiger partial charge on any atom is -0.348 e. The van der Waals surface area contributed by atoms with Gasteiger partial charge in [-0.2, -0.15) is 13.2 Å². The summed E-state index contributed by atoms with van der Waals surface area (Å²) < 4.78 is 37.6. The number of nitrogens with one attached hydrogen (secondary N) is 2. The molecule has 0 atom stereocenters. The van der Waals surface area contributed by atoms with E-state index in [1.54, 1.807) is 12.1 Å². The summed E-state index contributed by atoms with van der Waals surface area (Å²) in [5.74, 6) is -0.462. The smallest absolute Gasteiger partial charge is 0.348 e. The Labute approximate surface area is 142 Å². The lowest BCUT2D eigenvalue weighted by molar-refractivity contribution is -0.137. The molecule has 0 bridgehead atoms. The van der Waals surface area contributed by atoms with Gasteiger partial charge in [0, 0.05) is 24.2 Å². The minimum absolute atomic E-state index is 0.0177. The molecule has 0 fully saturated rings. The van der Waals surface area contributed by atoms with E-state index in [1.807, 2.05) is 6.07 Å². The number of halogens is 3. The average Bonchev–Trinajstić information content (AvgIpc) is 2.59. The number of carbonyl (C=O) groups excluding carboxylic acids is 2. The van der Waals surface area contributed by atoms with Gasteiger partial charge in [0.25, 0.3) is 5.91 Å². The second kappa shape index (κ2) is 6.58. The lowest BCUT2D eigenvalue weighted by Crippen LogP contribution is -2.23. The van der Waals surface area contributed by atoms with Crippen LogP contribution in [0.3, 0.4) is 0 Å². The molecule has 0 unspecified atom stereocenters. The van der Waals surface area contributed by atoms with E-state index in [1.165, 1.54) is 0 Å². The highest BCUT2D eigenvalue weighted by Gasteiger charge is 2.30. The molecule has 0 saturated carbocycles. The van der Waals surface area contributed by atoms with E-state index < -0.39 is 17.6 Å². The number of anilines is 1. The first-order valence-electron chi connectivity index (χ1n) is 7.70. The number of hydrogen-bond acceptors (Lipinski definition) is 2. The van der Waals surface area contributed by atoms with Crippen LogP contribution in [0, 0.1) is 0 Å². The molecule has 2 amide bonds. The van der Waals surface area contributed by atoms with E-state index in [-0.39, 0.29) is 18.0 Å². The van der Waals surface area contributed by atoms with Crippen LogP contribution >= 0.6 is 0 Å². The third-order valence-electron chi connectivity index (χ3n) is 3.99. The van der Waals surface area contributed by atoms with Crippen molar-refractivity contribution >= 4 is 17.5 Å². The zero-order chi connectivity index (χ0) is 18.0. The summed E-state index contributed by atoms with van der Waals surface area (Å²) in [6.07, 6.45) is -3.36. The molecule has 0 aliphatic carbocycles. The Morgan fingerprint density at radius 1 is 1.08 bits per heavy atom. The largest absolute Gasteiger partial charge is 0.416 e. The van der Waals surface area contributed by atoms with Gasteiger partial charge in [-0.1, -0.05) is 12.1 Å². The van der Waals surface area contributed by atoms with Crippen molar-refractivity contribution in [2.45, 2.75) is 25.6 Å². The molecule has 0 aromatic heterocycles. The zero-order valence-corrected chi connectivity index (χ0v) is 13.1. The van der Waals surface area contributed by atoms with Crippen LogP contribution in [0.5, 0.6) is 0 Å². The van der Waals surface area contributed by atoms with Crippen LogP contribution in [0.25, 0.3) is 0 Å². The van der Waals surface area contributed by atoms with Gasteiger partial charge in [0.1, 0.15) is 0 Å². The summed E-state index contributed by atoms with van der Waals surface area (Å²) in [5.41, 5.74) is 2.00. The van der Waals surface area contributed by atoms with Crippen LogP contribution in [-0.2, 0) is 23.9 Å². The molecule has 0 saturated heterocycles. The van der Waals surface area contributed by atoms with E-state index in [4.69, 9.17) is 0 Å². The number of hydrogen-bond donors (Lipinski definition) is 2. The molecule has 2 aromatic carbocycles. The van der Waals surface area contributed by atoms with E-state index in [0.717, 1.165) is 41.1 Å². The second-order valence-electron chi connectivity index (χ2n) is 5.80. The monoisotopic (exact) mass is 348 g/mol. The van der Waals surface area contributed by atoms with Crippen molar-refractivity contribution in [1.29, 1.82) is 0 Å². The Kier molecular flexibility index (Phi) is 4.48. The molecule has 25 heavy (non-hydrogen) atoms. The topological polar surface area (TPSA) is 58.2 Å². The van der Waals surface area contributed by atoms with Crippen LogP contribution in [-0.4, -0.2) is 11.8 Å². The van der Waals surface area contributed by atoms with Gasteiger partial charge >= 0.3 is 6.18 Å². The minimum atomic E-state index is -4.42. The molecule has 1 aliphatic heterocycles. The van der Waals surface area contributed by atoms with Crippen molar-refractivity contribution in [1.82, 2.24) is 5.32 Å². The lowest BCUT2D eigenvalue weighted by Gasteiger charge is -2.17. The van der Waals surface area contributed by atoms with Crippen LogP contribution in [0.1, 0.15) is 33.5 Å². The lowest BCUT2D eigenvalue weighted by atomic mass is 10.0. The number of fused-ring (bicyclic) bond motifs is 1. The number of rotatable bonds is 3. The van der Waals surface area contributed by atoms with Crippen molar-refractivity contribution in [2.75, 3.05) is 5.32 Å². The SMILES string of the molecule is O=C1CCc2cc(CNC(=O)c3ccc(C(F)(F)F)cc3)ccc2N1. The Hall–Kier alpha value is -2.83. The Morgan fingerprint density at radius 3 is 2.48 bits per heavy atom. The molecule has 7 heteroatoms. The number of benzene rings is 2. The summed E-state index contributed by atoms with van der Waals surface area (Å²) in [7, 11) is 0. The quantitative estimate of drug-likeness (QED) is 0.892. The number of alkyl halides is 3. The molecule has 3 rings (SSSR count). The third-order valence-corrected chi connectivity index (χ3v) is 3.99. The Balaban J connectivity index is 1.63. The van der Waals surface area contributed by atoms with E-state index in [0.29, 0.717) is 12.8 Å². The highest BCUT2D eigenvalue weighted by atomic mass is 19.4. The summed E-state index contributed by atoms with van der Waals surface area (Å²) in [5, 5.41) is 5.46. The first kappa shape index (κ1) is 17.0. The summed E-state index contributed by atoms with van der Waals surface area (Å²) in [4.78, 5) is 23.4. The van der Waals surface area contributed by atoms with Gasteiger partial charge in [-0.05, 0) is 47.9 Å². The van der Waals surface area contributed by atoms with Crippen LogP contribution in [0.15, 0.2) is 42.5 Å². The van der Waals surface area contributed by atoms with Gasteiger partial charge in [0.05, 0.1) is 5.56 Å². The van der Waals surface area contributed by atoms with Crippen molar-refractivity contribution in [3.05, 3.63) is 64.7 Å². The van der Waals surface area contributed by atoms with Crippen molar-refractivity contribution < 1.29 is 22.8 Å². The highest BCUT2D eigenvalue weighted by molar-refractivity contribution is 5.94. The first-order chi connectivity index (χ1) is 11.8. The van der Waals surface area contributed by atoms with E-state index >= 15 is 0 Å². The zero-order valence-electron chi connectivity index (χ0n) is 13.1. The Bertz CT molecular complexity index is 814. The van der Waals surface area contributed by atoms with Gasteiger partial charge in [-0.15, -0.1) is 0 Å². The maximum Gasteiger partial charge on any atom is 0.416 e. The van der Waals surface area contributed by atoms with Gasteiger partial charge in [-0.3, -0.25) is 9.59 Å². The van der Waals surface area contributed by atoms with Crippen LogP contribution in [0.2, 0.25) is 0 Å². The molecular weight excluding hydrogens is 333 g/mol. The maximum atomic E-state index is 12.5. The molecular formula is C18H15F3N2O2. The van der Waals surface area contributed by atoms with Gasteiger partial charge < -0.3 is 10.6 Å². The maximum absolute atomic E-state index is 12.5. The van der Waals surface area contributed by atoms with Crippen molar-refractivity contribution in [3.8, 4) is 0 Å². The molecule has 2 N–H and O–H groups in total. The first-order valence-corrected chi connectivity index (χ1v) is 7.70. The third kappa shape index (κ3) is 3.99. The fraction of sp³-hybridized carbons (Fsp3) is 0.222. The van der Waals surface area contributed by atoms with E-state index in [2.05, 4.69) is 10.6 Å². The Morgan fingerprint density at radius 2 is 1.80 bits per heavy atom. The van der Waals surface area contributed by atoms with Crippen molar-refractivity contribution in [2.24, 2.45) is 0 Å².